The van der Waals surface area contributed by atoms with Crippen molar-refractivity contribution in [2.75, 3.05) is 0 Å². The van der Waals surface area contributed by atoms with Crippen LogP contribution in [-0.4, -0.2) is 21.6 Å². The average molecular weight is 318 g/mol. The second-order valence-electron chi connectivity index (χ2n) is 5.57. The Morgan fingerprint density at radius 1 is 1.21 bits per heavy atom. The smallest absolute Gasteiger partial charge is 0.246 e. The maximum absolute atomic E-state index is 12.3. The second-order valence-corrected chi connectivity index (χ2v) is 5.57. The lowest BCUT2D eigenvalue weighted by molar-refractivity contribution is -0.123. The van der Waals surface area contributed by atoms with Gasteiger partial charge in [-0.2, -0.15) is 15.6 Å². The third-order valence-electron chi connectivity index (χ3n) is 3.83. The van der Waals surface area contributed by atoms with Crippen LogP contribution in [-0.2, 0) is 4.79 Å². The lowest BCUT2D eigenvalue weighted by Crippen LogP contribution is -2.46. The minimum atomic E-state index is -0.932. The van der Waals surface area contributed by atoms with E-state index in [1.54, 1.807) is 28.9 Å². The number of aliphatic imine (C=N–C) groups is 1. The Labute approximate surface area is 138 Å². The van der Waals surface area contributed by atoms with Crippen molar-refractivity contribution in [2.45, 2.75) is 19.9 Å². The molecule has 1 amide bonds. The number of aryl methyl sites for hydroxylation is 2. The first-order chi connectivity index (χ1) is 11.5. The monoisotopic (exact) mass is 318 g/mol. The molecule has 1 aromatic carbocycles. The molecule has 24 heavy (non-hydrogen) atoms. The molecule has 2 unspecified atom stereocenters. The van der Waals surface area contributed by atoms with Gasteiger partial charge in [0.05, 0.1) is 23.4 Å². The number of rotatable bonds is 1. The van der Waals surface area contributed by atoms with E-state index >= 15 is 0 Å². The van der Waals surface area contributed by atoms with Crippen molar-refractivity contribution in [1.29, 1.82) is 10.5 Å². The lowest BCUT2D eigenvalue weighted by Gasteiger charge is -2.25. The summed E-state index contributed by atoms with van der Waals surface area (Å²) in [7, 11) is 0. The van der Waals surface area contributed by atoms with Crippen LogP contribution in [0.4, 0.5) is 0 Å². The molecule has 7 nitrogen and oxygen atoms in total. The minimum absolute atomic E-state index is 0.298. The molecule has 0 bridgehead atoms. The first-order valence-corrected chi connectivity index (χ1v) is 7.35. The molecule has 2 aromatic rings. The summed E-state index contributed by atoms with van der Waals surface area (Å²) in [5, 5.41) is 25.2. The second kappa shape index (κ2) is 5.98. The number of carbonyl (C=O) groups is 1. The fourth-order valence-corrected chi connectivity index (χ4v) is 2.67. The van der Waals surface area contributed by atoms with E-state index in [2.05, 4.69) is 15.4 Å². The van der Waals surface area contributed by atoms with Crippen molar-refractivity contribution in [3.63, 3.8) is 0 Å². The Morgan fingerprint density at radius 2 is 1.92 bits per heavy atom. The summed E-state index contributed by atoms with van der Waals surface area (Å²) in [5.41, 5.74) is 2.85. The van der Waals surface area contributed by atoms with E-state index in [-0.39, 0.29) is 0 Å². The van der Waals surface area contributed by atoms with Gasteiger partial charge < -0.3 is 0 Å². The zero-order valence-electron chi connectivity index (χ0n) is 13.2. The van der Waals surface area contributed by atoms with Crippen molar-refractivity contribution in [3.05, 3.63) is 52.8 Å². The van der Waals surface area contributed by atoms with Crippen LogP contribution in [0.2, 0.25) is 0 Å². The Bertz CT molecular complexity index is 910. The summed E-state index contributed by atoms with van der Waals surface area (Å²) in [6.07, 6.45) is 0. The van der Waals surface area contributed by atoms with Gasteiger partial charge in [-0.25, -0.2) is 9.67 Å². The van der Waals surface area contributed by atoms with Crippen LogP contribution in [0.1, 0.15) is 28.6 Å². The van der Waals surface area contributed by atoms with Gasteiger partial charge in [0.15, 0.2) is 5.92 Å². The molecule has 118 valence electrons. The molecule has 2 heterocycles. The molecule has 3 rings (SSSR count). The van der Waals surface area contributed by atoms with Gasteiger partial charge in [-0.3, -0.25) is 10.1 Å². The van der Waals surface area contributed by atoms with Crippen molar-refractivity contribution in [3.8, 4) is 12.1 Å². The van der Waals surface area contributed by atoms with Gasteiger partial charge in [-0.15, -0.1) is 0 Å². The molecular weight excluding hydrogens is 304 g/mol. The number of nitrogens with one attached hydrogen (secondary N) is 1. The maximum Gasteiger partial charge on any atom is 0.246 e. The molecule has 7 heteroatoms. The topological polar surface area (TPSA) is 107 Å². The summed E-state index contributed by atoms with van der Waals surface area (Å²) in [4.78, 5) is 16.9. The van der Waals surface area contributed by atoms with Gasteiger partial charge in [-0.1, -0.05) is 12.1 Å². The first kappa shape index (κ1) is 15.4. The third kappa shape index (κ3) is 2.64. The van der Waals surface area contributed by atoms with E-state index in [0.717, 1.165) is 11.4 Å². The summed E-state index contributed by atoms with van der Waals surface area (Å²) >= 11 is 0. The highest BCUT2D eigenvalue weighted by Gasteiger charge is 2.35. The van der Waals surface area contributed by atoms with Gasteiger partial charge in [0.25, 0.3) is 0 Å². The summed E-state index contributed by atoms with van der Waals surface area (Å²) < 4.78 is 1.55. The lowest BCUT2D eigenvalue weighted by atomic mass is 9.92. The van der Waals surface area contributed by atoms with Crippen LogP contribution in [0, 0.1) is 42.4 Å². The predicted octanol–water partition coefficient (Wildman–Crippen LogP) is 1.59. The summed E-state index contributed by atoms with van der Waals surface area (Å²) in [5.74, 6) is -1.05. The van der Waals surface area contributed by atoms with E-state index < -0.39 is 17.9 Å². The standard InChI is InChI=1S/C17H14N6O/c1-10-7-11(2)23(22-10)17-20-15(14(9-19)16(24)21-17)13-5-3-12(8-18)4-6-13/h3-7,14-15H,1-2H3,(H,20,21,24). The van der Waals surface area contributed by atoms with E-state index in [0.29, 0.717) is 17.1 Å². The van der Waals surface area contributed by atoms with E-state index in [9.17, 15) is 10.1 Å². The van der Waals surface area contributed by atoms with Crippen molar-refractivity contribution in [1.82, 2.24) is 15.1 Å². The number of nitrogens with zero attached hydrogens (tertiary/aromatic N) is 5. The number of benzene rings is 1. The number of hydrogen-bond donors (Lipinski definition) is 1. The first-order valence-electron chi connectivity index (χ1n) is 7.35. The fraction of sp³-hybridized carbons (Fsp3) is 0.235. The zero-order chi connectivity index (χ0) is 17.3. The summed E-state index contributed by atoms with van der Waals surface area (Å²) in [6, 6.07) is 12.0. The average Bonchev–Trinajstić information content (AvgIpc) is 2.92. The Hall–Kier alpha value is -3.45. The highest BCUT2D eigenvalue weighted by molar-refractivity contribution is 6.02. The quantitative estimate of drug-likeness (QED) is 0.861. The Kier molecular flexibility index (Phi) is 3.85. The Balaban J connectivity index is 2.07. The molecule has 0 saturated carbocycles. The van der Waals surface area contributed by atoms with Crippen molar-refractivity contribution in [2.24, 2.45) is 10.9 Å². The molecule has 1 aliphatic rings. The molecule has 1 aliphatic heterocycles. The van der Waals surface area contributed by atoms with E-state index in [1.807, 2.05) is 32.1 Å². The van der Waals surface area contributed by atoms with Gasteiger partial charge in [0, 0.05) is 5.69 Å². The van der Waals surface area contributed by atoms with E-state index in [1.165, 1.54) is 0 Å². The minimum Gasteiger partial charge on any atom is -0.294 e. The molecule has 0 fully saturated rings. The van der Waals surface area contributed by atoms with Crippen LogP contribution in [0.15, 0.2) is 35.3 Å². The highest BCUT2D eigenvalue weighted by Crippen LogP contribution is 2.29. The number of hydrogen-bond acceptors (Lipinski definition) is 5. The predicted molar refractivity (Wildman–Crippen MR) is 85.7 cm³/mol. The molecule has 0 spiro atoms. The molecule has 0 aliphatic carbocycles. The van der Waals surface area contributed by atoms with Gasteiger partial charge >= 0.3 is 0 Å². The van der Waals surface area contributed by atoms with Crippen LogP contribution in [0.5, 0.6) is 0 Å². The summed E-state index contributed by atoms with van der Waals surface area (Å²) in [6.45, 7) is 3.71. The maximum atomic E-state index is 12.3. The van der Waals surface area contributed by atoms with Gasteiger partial charge in [-0.05, 0) is 37.6 Å². The van der Waals surface area contributed by atoms with Crippen LogP contribution in [0.25, 0.3) is 0 Å². The molecule has 1 N–H and O–H groups in total. The zero-order valence-corrected chi connectivity index (χ0v) is 13.2. The SMILES string of the molecule is Cc1cc(C)n(C2=NC(c3ccc(C#N)cc3)C(C#N)C(=O)N2)n1. The van der Waals surface area contributed by atoms with Crippen LogP contribution < -0.4 is 5.32 Å². The van der Waals surface area contributed by atoms with Gasteiger partial charge in [0.2, 0.25) is 11.9 Å². The number of carbonyl (C=O) groups excluding carboxylic acids is 1. The number of nitriles is 2. The number of aromatic nitrogens is 2. The Morgan fingerprint density at radius 3 is 2.46 bits per heavy atom. The van der Waals surface area contributed by atoms with E-state index in [4.69, 9.17) is 5.26 Å². The largest absolute Gasteiger partial charge is 0.294 e. The fourth-order valence-electron chi connectivity index (χ4n) is 2.67. The van der Waals surface area contributed by atoms with Crippen molar-refractivity contribution < 1.29 is 4.79 Å². The van der Waals surface area contributed by atoms with Gasteiger partial charge in [0.1, 0.15) is 6.04 Å². The number of amides is 1. The molecule has 2 atom stereocenters. The molecular formula is C17H14N6O. The molecule has 1 aromatic heterocycles. The van der Waals surface area contributed by atoms with Crippen LogP contribution >= 0.6 is 0 Å². The highest BCUT2D eigenvalue weighted by atomic mass is 16.2. The molecule has 0 radical (unpaired) electrons. The molecule has 0 saturated heterocycles. The van der Waals surface area contributed by atoms with Crippen molar-refractivity contribution >= 4 is 11.9 Å². The third-order valence-corrected chi connectivity index (χ3v) is 3.83. The normalized spacial score (nSPS) is 19.8. The van der Waals surface area contributed by atoms with Crippen LogP contribution in [0.3, 0.4) is 0 Å².